The zero-order valence-electron chi connectivity index (χ0n) is 11.2. The molecule has 19 heavy (non-hydrogen) atoms. The summed E-state index contributed by atoms with van der Waals surface area (Å²) in [7, 11) is 2.07. The molecule has 1 N–H and O–H groups in total. The minimum Gasteiger partial charge on any atom is -0.368 e. The number of hydrogen-bond acceptors (Lipinski definition) is 4. The molecular formula is C13H20N4O2. The lowest BCUT2D eigenvalue weighted by Crippen LogP contribution is -2.51. The topological polar surface area (TPSA) is 61.5 Å². The summed E-state index contributed by atoms with van der Waals surface area (Å²) in [5.74, 6) is 1.06. The zero-order chi connectivity index (χ0) is 13.2. The van der Waals surface area contributed by atoms with Crippen LogP contribution in [0.3, 0.4) is 0 Å². The van der Waals surface area contributed by atoms with E-state index in [9.17, 15) is 4.79 Å². The van der Waals surface area contributed by atoms with Gasteiger partial charge in [-0.1, -0.05) is 0 Å². The normalized spacial score (nSPS) is 28.8. The maximum atomic E-state index is 12.4. The Morgan fingerprint density at radius 2 is 2.42 bits per heavy atom. The van der Waals surface area contributed by atoms with E-state index >= 15 is 0 Å². The Bertz CT molecular complexity index is 428. The van der Waals surface area contributed by atoms with Gasteiger partial charge in [0.1, 0.15) is 11.9 Å². The number of carbonyl (C=O) groups is 1. The molecule has 0 spiro atoms. The van der Waals surface area contributed by atoms with Crippen LogP contribution >= 0.6 is 0 Å². The number of aromatic nitrogens is 2. The van der Waals surface area contributed by atoms with Crippen LogP contribution in [0.15, 0.2) is 12.4 Å². The van der Waals surface area contributed by atoms with Crippen molar-refractivity contribution in [2.75, 3.05) is 33.3 Å². The van der Waals surface area contributed by atoms with Gasteiger partial charge in [0.15, 0.2) is 0 Å². The molecule has 104 valence electrons. The van der Waals surface area contributed by atoms with Gasteiger partial charge in [0.2, 0.25) is 0 Å². The standard InChI is InChI=1S/C13H20N4O2/c1-16-6-7-17(13(18)11-3-2-8-19-11)9-10(16)12-14-4-5-15-12/h4-5,10-11H,2-3,6-9H2,1H3,(H,14,15)/t10-,11-/m0/s1. The second kappa shape index (κ2) is 5.30. The predicted molar refractivity (Wildman–Crippen MR) is 69.5 cm³/mol. The van der Waals surface area contributed by atoms with E-state index in [0.717, 1.165) is 31.8 Å². The lowest BCUT2D eigenvalue weighted by Gasteiger charge is -2.39. The summed E-state index contributed by atoms with van der Waals surface area (Å²) in [6.07, 6.45) is 5.21. The Labute approximate surface area is 112 Å². The molecule has 0 radical (unpaired) electrons. The molecule has 1 aromatic heterocycles. The second-order valence-corrected chi connectivity index (χ2v) is 5.26. The molecule has 2 saturated heterocycles. The molecule has 0 bridgehead atoms. The first-order valence-corrected chi connectivity index (χ1v) is 6.85. The molecule has 1 aromatic rings. The van der Waals surface area contributed by atoms with Crippen LogP contribution in [0, 0.1) is 0 Å². The Morgan fingerprint density at radius 3 is 3.11 bits per heavy atom. The highest BCUT2D eigenvalue weighted by Crippen LogP contribution is 2.23. The van der Waals surface area contributed by atoms with Crippen molar-refractivity contribution < 1.29 is 9.53 Å². The number of nitrogens with one attached hydrogen (secondary N) is 1. The fourth-order valence-corrected chi connectivity index (χ4v) is 2.80. The quantitative estimate of drug-likeness (QED) is 0.840. The van der Waals surface area contributed by atoms with E-state index < -0.39 is 0 Å². The van der Waals surface area contributed by atoms with Crippen molar-refractivity contribution >= 4 is 5.91 Å². The van der Waals surface area contributed by atoms with Crippen molar-refractivity contribution in [1.29, 1.82) is 0 Å². The van der Waals surface area contributed by atoms with E-state index in [1.54, 1.807) is 6.20 Å². The zero-order valence-corrected chi connectivity index (χ0v) is 11.2. The number of amides is 1. The van der Waals surface area contributed by atoms with Crippen molar-refractivity contribution in [2.24, 2.45) is 0 Å². The summed E-state index contributed by atoms with van der Waals surface area (Å²) < 4.78 is 5.49. The molecule has 2 fully saturated rings. The van der Waals surface area contributed by atoms with Crippen LogP contribution in [0.2, 0.25) is 0 Å². The number of aromatic amines is 1. The lowest BCUT2D eigenvalue weighted by atomic mass is 10.1. The number of piperazine rings is 1. The summed E-state index contributed by atoms with van der Waals surface area (Å²) in [6, 6.07) is 0.147. The van der Waals surface area contributed by atoms with Gasteiger partial charge < -0.3 is 14.6 Å². The highest BCUT2D eigenvalue weighted by Gasteiger charge is 2.34. The van der Waals surface area contributed by atoms with Crippen LogP contribution in [0.4, 0.5) is 0 Å². The fraction of sp³-hybridized carbons (Fsp3) is 0.692. The fourth-order valence-electron chi connectivity index (χ4n) is 2.80. The number of rotatable bonds is 2. The van der Waals surface area contributed by atoms with Gasteiger partial charge in [0.05, 0.1) is 6.04 Å². The molecule has 6 nitrogen and oxygen atoms in total. The van der Waals surface area contributed by atoms with Crippen molar-refractivity contribution in [3.63, 3.8) is 0 Å². The van der Waals surface area contributed by atoms with E-state index in [0.29, 0.717) is 13.2 Å². The average molecular weight is 264 g/mol. The number of carbonyl (C=O) groups excluding carboxylic acids is 1. The van der Waals surface area contributed by atoms with E-state index in [2.05, 4.69) is 21.9 Å². The van der Waals surface area contributed by atoms with Gasteiger partial charge in [0, 0.05) is 38.6 Å². The molecule has 0 aliphatic carbocycles. The van der Waals surface area contributed by atoms with Crippen molar-refractivity contribution in [3.05, 3.63) is 18.2 Å². The van der Waals surface area contributed by atoms with Gasteiger partial charge in [-0.05, 0) is 19.9 Å². The first-order chi connectivity index (χ1) is 9.25. The lowest BCUT2D eigenvalue weighted by molar-refractivity contribution is -0.143. The monoisotopic (exact) mass is 264 g/mol. The van der Waals surface area contributed by atoms with Crippen molar-refractivity contribution in [1.82, 2.24) is 19.8 Å². The highest BCUT2D eigenvalue weighted by molar-refractivity contribution is 5.81. The second-order valence-electron chi connectivity index (χ2n) is 5.26. The Kier molecular flexibility index (Phi) is 3.52. The Hall–Kier alpha value is -1.40. The van der Waals surface area contributed by atoms with E-state index in [1.807, 2.05) is 11.1 Å². The van der Waals surface area contributed by atoms with Gasteiger partial charge in [-0.3, -0.25) is 9.69 Å². The molecule has 0 unspecified atom stereocenters. The number of imidazole rings is 1. The average Bonchev–Trinajstić information content (AvgIpc) is 3.12. The minimum absolute atomic E-state index is 0.141. The van der Waals surface area contributed by atoms with Crippen LogP contribution in [0.5, 0.6) is 0 Å². The van der Waals surface area contributed by atoms with Gasteiger partial charge in [-0.2, -0.15) is 0 Å². The maximum Gasteiger partial charge on any atom is 0.251 e. The summed E-state index contributed by atoms with van der Waals surface area (Å²) >= 11 is 0. The number of nitrogens with zero attached hydrogens (tertiary/aromatic N) is 3. The van der Waals surface area contributed by atoms with Gasteiger partial charge in [-0.15, -0.1) is 0 Å². The molecule has 3 heterocycles. The van der Waals surface area contributed by atoms with Crippen LogP contribution in [-0.4, -0.2) is 65.1 Å². The number of H-pyrrole nitrogens is 1. The van der Waals surface area contributed by atoms with E-state index in [4.69, 9.17) is 4.74 Å². The molecule has 0 saturated carbocycles. The molecule has 0 aromatic carbocycles. The van der Waals surface area contributed by atoms with Crippen LogP contribution < -0.4 is 0 Å². The van der Waals surface area contributed by atoms with E-state index in [-0.39, 0.29) is 18.1 Å². The third-order valence-corrected chi connectivity index (χ3v) is 4.00. The number of ether oxygens (including phenoxy) is 1. The predicted octanol–water partition coefficient (Wildman–Crippen LogP) is 0.404. The van der Waals surface area contributed by atoms with Gasteiger partial charge >= 0.3 is 0 Å². The molecular weight excluding hydrogens is 244 g/mol. The molecule has 3 rings (SSSR count). The van der Waals surface area contributed by atoms with Gasteiger partial charge in [-0.25, -0.2) is 4.98 Å². The number of likely N-dealkylation sites (N-methyl/N-ethyl adjacent to an activating group) is 1. The smallest absolute Gasteiger partial charge is 0.251 e. The largest absolute Gasteiger partial charge is 0.368 e. The highest BCUT2D eigenvalue weighted by atomic mass is 16.5. The number of hydrogen-bond donors (Lipinski definition) is 1. The summed E-state index contributed by atoms with van der Waals surface area (Å²) in [4.78, 5) is 24.0. The SMILES string of the molecule is CN1CCN(C(=O)[C@@H]2CCCO2)C[C@H]1c1ncc[nH]1. The summed E-state index contributed by atoms with van der Waals surface area (Å²) in [5.41, 5.74) is 0. The molecule has 2 aliphatic heterocycles. The first-order valence-electron chi connectivity index (χ1n) is 6.85. The Morgan fingerprint density at radius 1 is 1.53 bits per heavy atom. The van der Waals surface area contributed by atoms with Gasteiger partial charge in [0.25, 0.3) is 5.91 Å². The van der Waals surface area contributed by atoms with Crippen LogP contribution in [-0.2, 0) is 9.53 Å². The molecule has 1 amide bonds. The van der Waals surface area contributed by atoms with Crippen LogP contribution in [0.25, 0.3) is 0 Å². The summed E-state index contributed by atoms with van der Waals surface area (Å²) in [5, 5.41) is 0. The van der Waals surface area contributed by atoms with Crippen molar-refractivity contribution in [3.8, 4) is 0 Å². The molecule has 6 heteroatoms. The minimum atomic E-state index is -0.222. The Balaban J connectivity index is 1.69. The van der Waals surface area contributed by atoms with Crippen molar-refractivity contribution in [2.45, 2.75) is 25.0 Å². The maximum absolute atomic E-state index is 12.4. The van der Waals surface area contributed by atoms with Crippen LogP contribution in [0.1, 0.15) is 24.7 Å². The molecule has 2 atom stereocenters. The third-order valence-electron chi connectivity index (χ3n) is 4.00. The summed E-state index contributed by atoms with van der Waals surface area (Å²) in [6.45, 7) is 3.03. The third kappa shape index (κ3) is 2.50. The van der Waals surface area contributed by atoms with E-state index in [1.165, 1.54) is 0 Å². The first kappa shape index (κ1) is 12.6. The molecule has 2 aliphatic rings.